The number of hydrogen-bond donors (Lipinski definition) is 2. The van der Waals surface area contributed by atoms with Gasteiger partial charge in [0.05, 0.1) is 6.26 Å². The maximum Gasteiger partial charge on any atom is 0.283 e. The van der Waals surface area contributed by atoms with Gasteiger partial charge < -0.3 is 15.1 Å². The van der Waals surface area contributed by atoms with Gasteiger partial charge in [-0.3, -0.25) is 4.79 Å². The zero-order valence-corrected chi connectivity index (χ0v) is 12.2. The zero-order valence-electron chi connectivity index (χ0n) is 12.2. The molecule has 4 heteroatoms. The molecule has 110 valence electrons. The fourth-order valence-electron chi connectivity index (χ4n) is 2.46. The van der Waals surface area contributed by atoms with Crippen LogP contribution >= 0.6 is 0 Å². The number of carbonyl (C=O) groups excluding carboxylic acids is 1. The topological polar surface area (TPSA) is 58.9 Å². The Hall–Kier alpha value is -2.07. The van der Waals surface area contributed by atoms with E-state index in [1.807, 2.05) is 42.5 Å². The standard InChI is InChI=1S/C17H20N2O2/c1-12(15-8-5-11-21-15)18-16(13-6-3-2-4-7-13)17(20)19-14-9-10-14/h2-8,11-12,14,16,18H,9-10H2,1H3,(H,19,20)/p+1/t12-,16+/m1/s1. The number of nitrogens with two attached hydrogens (primary N) is 1. The summed E-state index contributed by atoms with van der Waals surface area (Å²) in [6.07, 6.45) is 3.86. The molecule has 1 fully saturated rings. The number of carbonyl (C=O) groups is 1. The van der Waals surface area contributed by atoms with E-state index in [0.717, 1.165) is 24.2 Å². The van der Waals surface area contributed by atoms with E-state index < -0.39 is 0 Å². The molecule has 0 radical (unpaired) electrons. The molecule has 0 spiro atoms. The summed E-state index contributed by atoms with van der Waals surface area (Å²) in [7, 11) is 0. The van der Waals surface area contributed by atoms with Gasteiger partial charge in [-0.25, -0.2) is 0 Å². The van der Waals surface area contributed by atoms with Crippen LogP contribution in [0.5, 0.6) is 0 Å². The molecule has 0 unspecified atom stereocenters. The highest BCUT2D eigenvalue weighted by atomic mass is 16.3. The van der Waals surface area contributed by atoms with Crippen LogP contribution in [0.25, 0.3) is 0 Å². The molecule has 1 aliphatic carbocycles. The summed E-state index contributed by atoms with van der Waals surface area (Å²) < 4.78 is 5.44. The molecule has 0 bridgehead atoms. The Kier molecular flexibility index (Phi) is 4.06. The molecule has 3 N–H and O–H groups in total. The van der Waals surface area contributed by atoms with Gasteiger partial charge in [-0.05, 0) is 31.9 Å². The minimum Gasteiger partial charge on any atom is -0.463 e. The van der Waals surface area contributed by atoms with Gasteiger partial charge in [0.1, 0.15) is 6.04 Å². The summed E-state index contributed by atoms with van der Waals surface area (Å²) in [4.78, 5) is 12.5. The molecule has 3 rings (SSSR count). The molecule has 1 amide bonds. The average molecular weight is 285 g/mol. The molecule has 2 aromatic rings. The van der Waals surface area contributed by atoms with Crippen molar-refractivity contribution in [1.29, 1.82) is 0 Å². The van der Waals surface area contributed by atoms with Gasteiger partial charge in [-0.2, -0.15) is 0 Å². The Labute approximate surface area is 124 Å². The minimum atomic E-state index is -0.244. The smallest absolute Gasteiger partial charge is 0.283 e. The normalized spacial score (nSPS) is 17.2. The van der Waals surface area contributed by atoms with Crippen molar-refractivity contribution >= 4 is 5.91 Å². The number of nitrogens with one attached hydrogen (secondary N) is 1. The monoisotopic (exact) mass is 285 g/mol. The zero-order chi connectivity index (χ0) is 14.7. The maximum absolute atomic E-state index is 12.5. The summed E-state index contributed by atoms with van der Waals surface area (Å²) >= 11 is 0. The molecule has 1 saturated carbocycles. The third kappa shape index (κ3) is 3.52. The van der Waals surface area contributed by atoms with E-state index in [9.17, 15) is 4.79 Å². The second-order valence-corrected chi connectivity index (χ2v) is 5.67. The van der Waals surface area contributed by atoms with Crippen LogP contribution in [-0.2, 0) is 4.79 Å². The lowest BCUT2D eigenvalue weighted by atomic mass is 10.0. The molecule has 2 atom stereocenters. The fraction of sp³-hybridized carbons (Fsp3) is 0.353. The van der Waals surface area contributed by atoms with Crippen LogP contribution in [0.4, 0.5) is 0 Å². The van der Waals surface area contributed by atoms with Crippen molar-refractivity contribution in [3.05, 3.63) is 60.1 Å². The van der Waals surface area contributed by atoms with Gasteiger partial charge in [-0.15, -0.1) is 0 Å². The van der Waals surface area contributed by atoms with Crippen molar-refractivity contribution in [2.75, 3.05) is 0 Å². The first kappa shape index (κ1) is 13.9. The van der Waals surface area contributed by atoms with Crippen LogP contribution in [0, 0.1) is 0 Å². The lowest BCUT2D eigenvalue weighted by molar-refractivity contribution is -0.721. The summed E-state index contributed by atoms with van der Waals surface area (Å²) in [5.74, 6) is 0.970. The van der Waals surface area contributed by atoms with E-state index in [1.54, 1.807) is 6.26 Å². The summed E-state index contributed by atoms with van der Waals surface area (Å²) in [5.41, 5.74) is 1.02. The Morgan fingerprint density at radius 1 is 1.24 bits per heavy atom. The first-order valence-corrected chi connectivity index (χ1v) is 7.48. The van der Waals surface area contributed by atoms with Gasteiger partial charge in [0, 0.05) is 11.6 Å². The second-order valence-electron chi connectivity index (χ2n) is 5.67. The molecule has 1 heterocycles. The fourth-order valence-corrected chi connectivity index (χ4v) is 2.46. The van der Waals surface area contributed by atoms with Crippen molar-refractivity contribution in [2.24, 2.45) is 0 Å². The maximum atomic E-state index is 12.5. The van der Waals surface area contributed by atoms with Gasteiger partial charge >= 0.3 is 0 Å². The molecule has 0 aliphatic heterocycles. The van der Waals surface area contributed by atoms with E-state index in [0.29, 0.717) is 6.04 Å². The molecule has 0 saturated heterocycles. The van der Waals surface area contributed by atoms with Crippen LogP contribution in [0.1, 0.15) is 43.2 Å². The number of amides is 1. The highest BCUT2D eigenvalue weighted by Gasteiger charge is 2.32. The summed E-state index contributed by atoms with van der Waals surface area (Å²) in [6, 6.07) is 14.0. The van der Waals surface area contributed by atoms with Crippen molar-refractivity contribution in [2.45, 2.75) is 37.9 Å². The van der Waals surface area contributed by atoms with Crippen molar-refractivity contribution in [3.8, 4) is 0 Å². The highest BCUT2D eigenvalue weighted by molar-refractivity contribution is 5.82. The molecule has 1 aliphatic rings. The SMILES string of the molecule is C[C@@H]([NH2+][C@H](C(=O)NC1CC1)c1ccccc1)c1ccco1. The summed E-state index contributed by atoms with van der Waals surface area (Å²) in [6.45, 7) is 2.05. The Morgan fingerprint density at radius 3 is 2.62 bits per heavy atom. The van der Waals surface area contributed by atoms with Gasteiger partial charge in [0.15, 0.2) is 11.8 Å². The number of quaternary nitrogens is 1. The first-order chi connectivity index (χ1) is 10.2. The number of benzene rings is 1. The van der Waals surface area contributed by atoms with E-state index in [2.05, 4.69) is 17.6 Å². The quantitative estimate of drug-likeness (QED) is 0.852. The molecule has 21 heavy (non-hydrogen) atoms. The van der Waals surface area contributed by atoms with E-state index >= 15 is 0 Å². The van der Waals surface area contributed by atoms with Gasteiger partial charge in [0.2, 0.25) is 0 Å². The van der Waals surface area contributed by atoms with E-state index in [4.69, 9.17) is 4.42 Å². The van der Waals surface area contributed by atoms with Crippen LogP contribution < -0.4 is 10.6 Å². The van der Waals surface area contributed by atoms with Crippen LogP contribution in [0.3, 0.4) is 0 Å². The summed E-state index contributed by atoms with van der Waals surface area (Å²) in [5, 5.41) is 5.16. The van der Waals surface area contributed by atoms with Crippen molar-refractivity contribution in [3.63, 3.8) is 0 Å². The number of hydrogen-bond acceptors (Lipinski definition) is 2. The third-order valence-electron chi connectivity index (χ3n) is 3.84. The highest BCUT2D eigenvalue weighted by Crippen LogP contribution is 2.20. The number of furan rings is 1. The Bertz CT molecular complexity index is 576. The third-order valence-corrected chi connectivity index (χ3v) is 3.84. The lowest BCUT2D eigenvalue weighted by Gasteiger charge is -2.19. The largest absolute Gasteiger partial charge is 0.463 e. The average Bonchev–Trinajstić information content (AvgIpc) is 3.15. The minimum absolute atomic E-state index is 0.0853. The number of rotatable bonds is 6. The molecule has 4 nitrogen and oxygen atoms in total. The van der Waals surface area contributed by atoms with Gasteiger partial charge in [0.25, 0.3) is 5.91 Å². The second kappa shape index (κ2) is 6.14. The van der Waals surface area contributed by atoms with Crippen molar-refractivity contribution < 1.29 is 14.5 Å². The van der Waals surface area contributed by atoms with Crippen LogP contribution in [-0.4, -0.2) is 11.9 Å². The van der Waals surface area contributed by atoms with Crippen LogP contribution in [0.2, 0.25) is 0 Å². The predicted octanol–water partition coefficient (Wildman–Crippen LogP) is 1.92. The molecule has 1 aromatic carbocycles. The van der Waals surface area contributed by atoms with Gasteiger partial charge in [-0.1, -0.05) is 30.3 Å². The van der Waals surface area contributed by atoms with E-state index in [-0.39, 0.29) is 18.0 Å². The predicted molar refractivity (Wildman–Crippen MR) is 79.4 cm³/mol. The Balaban J connectivity index is 1.76. The molecular formula is C17H21N2O2+. The molecular weight excluding hydrogens is 264 g/mol. The Morgan fingerprint density at radius 2 is 2.00 bits per heavy atom. The first-order valence-electron chi connectivity index (χ1n) is 7.48. The van der Waals surface area contributed by atoms with E-state index in [1.165, 1.54) is 0 Å². The molecule has 1 aromatic heterocycles. The van der Waals surface area contributed by atoms with Crippen molar-refractivity contribution in [1.82, 2.24) is 5.32 Å². The van der Waals surface area contributed by atoms with Crippen LogP contribution in [0.15, 0.2) is 53.1 Å². The lowest BCUT2D eigenvalue weighted by Crippen LogP contribution is -2.88.